The zero-order valence-electron chi connectivity index (χ0n) is 12.4. The molecule has 0 radical (unpaired) electrons. The van der Waals surface area contributed by atoms with Gasteiger partial charge in [0, 0.05) is 24.8 Å². The molecule has 1 saturated heterocycles. The first-order valence-electron chi connectivity index (χ1n) is 6.84. The first-order chi connectivity index (χ1) is 8.16. The molecule has 0 aromatic carbocycles. The topological polar surface area (TPSA) is 64.4 Å². The monoisotopic (exact) mass is 256 g/mol. The molecule has 1 fully saturated rings. The molecule has 0 aromatic heterocycles. The molecule has 0 bridgehead atoms. The normalized spacial score (nSPS) is 20.6. The largest absolute Gasteiger partial charge is 0.381 e. The van der Waals surface area contributed by atoms with Crippen molar-refractivity contribution >= 4 is 5.91 Å². The van der Waals surface area contributed by atoms with E-state index in [9.17, 15) is 4.79 Å². The van der Waals surface area contributed by atoms with Crippen molar-refractivity contribution in [2.75, 3.05) is 13.2 Å². The van der Waals surface area contributed by atoms with Gasteiger partial charge in [0.15, 0.2) is 0 Å². The summed E-state index contributed by atoms with van der Waals surface area (Å²) in [5.74, 6) is 0.549. The fourth-order valence-electron chi connectivity index (χ4n) is 2.01. The van der Waals surface area contributed by atoms with Gasteiger partial charge in [0.25, 0.3) is 0 Å². The lowest BCUT2D eigenvalue weighted by Gasteiger charge is -2.39. The van der Waals surface area contributed by atoms with Crippen LogP contribution in [0.15, 0.2) is 0 Å². The molecule has 1 aliphatic rings. The van der Waals surface area contributed by atoms with E-state index >= 15 is 0 Å². The minimum atomic E-state index is -0.577. The smallest absolute Gasteiger partial charge is 0.227 e. The average molecular weight is 256 g/mol. The van der Waals surface area contributed by atoms with Crippen LogP contribution >= 0.6 is 0 Å². The molecule has 0 saturated carbocycles. The number of carbonyl (C=O) groups excluding carboxylic acids is 1. The van der Waals surface area contributed by atoms with Gasteiger partial charge in [-0.3, -0.25) is 4.79 Å². The molecule has 1 amide bonds. The van der Waals surface area contributed by atoms with Gasteiger partial charge in [-0.05, 0) is 53.4 Å². The van der Waals surface area contributed by atoms with E-state index in [1.54, 1.807) is 0 Å². The van der Waals surface area contributed by atoms with Crippen LogP contribution in [-0.4, -0.2) is 30.7 Å². The third kappa shape index (κ3) is 3.45. The Hall–Kier alpha value is -0.610. The van der Waals surface area contributed by atoms with Crippen molar-refractivity contribution in [1.82, 2.24) is 5.32 Å². The first kappa shape index (κ1) is 15.4. The molecule has 1 aliphatic heterocycles. The fourth-order valence-corrected chi connectivity index (χ4v) is 2.01. The maximum Gasteiger partial charge on any atom is 0.227 e. The van der Waals surface area contributed by atoms with Crippen LogP contribution in [0.1, 0.15) is 47.5 Å². The summed E-state index contributed by atoms with van der Waals surface area (Å²) in [6.45, 7) is 11.3. The predicted octanol–water partition coefficient (Wildman–Crippen LogP) is 1.68. The van der Waals surface area contributed by atoms with Gasteiger partial charge in [0.1, 0.15) is 0 Å². The van der Waals surface area contributed by atoms with Gasteiger partial charge in [-0.25, -0.2) is 0 Å². The van der Waals surface area contributed by atoms with Crippen molar-refractivity contribution in [3.8, 4) is 0 Å². The second-order valence-corrected chi connectivity index (χ2v) is 6.56. The Kier molecular flexibility index (Phi) is 4.78. The number of carbonyl (C=O) groups is 1. The fraction of sp³-hybridized carbons (Fsp3) is 0.929. The molecule has 4 heteroatoms. The van der Waals surface area contributed by atoms with Crippen LogP contribution in [0.3, 0.4) is 0 Å². The molecule has 1 heterocycles. The summed E-state index contributed by atoms with van der Waals surface area (Å²) in [6, 6.07) is 0.183. The highest BCUT2D eigenvalue weighted by Gasteiger charge is 2.41. The molecule has 3 N–H and O–H groups in total. The van der Waals surface area contributed by atoms with E-state index in [1.165, 1.54) is 0 Å². The molecular formula is C14H28N2O2. The van der Waals surface area contributed by atoms with Crippen LogP contribution in [0.5, 0.6) is 0 Å². The average Bonchev–Trinajstić information content (AvgIpc) is 2.28. The maximum absolute atomic E-state index is 12.3. The van der Waals surface area contributed by atoms with Gasteiger partial charge in [-0.1, -0.05) is 0 Å². The molecule has 0 aromatic rings. The maximum atomic E-state index is 12.3. The van der Waals surface area contributed by atoms with Gasteiger partial charge in [0.2, 0.25) is 5.91 Å². The summed E-state index contributed by atoms with van der Waals surface area (Å²) >= 11 is 0. The Morgan fingerprint density at radius 1 is 1.28 bits per heavy atom. The van der Waals surface area contributed by atoms with E-state index in [2.05, 4.69) is 12.2 Å². The van der Waals surface area contributed by atoms with E-state index in [0.29, 0.717) is 5.92 Å². The summed E-state index contributed by atoms with van der Waals surface area (Å²) in [5, 5.41) is 3.12. The number of ether oxygens (including phenoxy) is 1. The lowest BCUT2D eigenvalue weighted by Crippen LogP contribution is -2.57. The van der Waals surface area contributed by atoms with Crippen molar-refractivity contribution in [1.29, 1.82) is 0 Å². The van der Waals surface area contributed by atoms with Gasteiger partial charge in [-0.15, -0.1) is 0 Å². The molecular weight excluding hydrogens is 228 g/mol. The number of nitrogens with two attached hydrogens (primary N) is 1. The molecule has 18 heavy (non-hydrogen) atoms. The van der Waals surface area contributed by atoms with E-state index in [-0.39, 0.29) is 11.9 Å². The summed E-state index contributed by atoms with van der Waals surface area (Å²) < 4.78 is 5.34. The quantitative estimate of drug-likeness (QED) is 0.804. The first-order valence-corrected chi connectivity index (χ1v) is 6.84. The lowest BCUT2D eigenvalue weighted by molar-refractivity contribution is -0.133. The number of hydrogen-bond donors (Lipinski definition) is 2. The van der Waals surface area contributed by atoms with E-state index in [0.717, 1.165) is 26.1 Å². The molecule has 106 valence electrons. The van der Waals surface area contributed by atoms with E-state index in [4.69, 9.17) is 10.5 Å². The summed E-state index contributed by atoms with van der Waals surface area (Å²) in [4.78, 5) is 12.3. The Morgan fingerprint density at radius 3 is 2.22 bits per heavy atom. The van der Waals surface area contributed by atoms with Crippen molar-refractivity contribution in [3.05, 3.63) is 0 Å². The Bertz CT molecular complexity index is 289. The number of hydrogen-bond acceptors (Lipinski definition) is 3. The minimum Gasteiger partial charge on any atom is -0.381 e. The van der Waals surface area contributed by atoms with Crippen molar-refractivity contribution in [3.63, 3.8) is 0 Å². The molecule has 0 aliphatic carbocycles. The third-order valence-corrected chi connectivity index (χ3v) is 4.51. The molecule has 1 unspecified atom stereocenters. The van der Waals surface area contributed by atoms with Crippen LogP contribution in [0, 0.1) is 11.3 Å². The number of rotatable bonds is 4. The summed E-state index contributed by atoms with van der Waals surface area (Å²) in [6.07, 6.45) is 2.04. The molecule has 1 rings (SSSR count). The zero-order valence-corrected chi connectivity index (χ0v) is 12.4. The number of nitrogens with one attached hydrogen (secondary N) is 1. The predicted molar refractivity (Wildman–Crippen MR) is 73.2 cm³/mol. The van der Waals surface area contributed by atoms with E-state index in [1.807, 2.05) is 27.7 Å². The molecule has 4 nitrogen and oxygen atoms in total. The van der Waals surface area contributed by atoms with Gasteiger partial charge in [0.05, 0.1) is 5.41 Å². The summed E-state index contributed by atoms with van der Waals surface area (Å²) in [5.41, 5.74) is 4.98. The second kappa shape index (κ2) is 5.57. The van der Waals surface area contributed by atoms with Crippen molar-refractivity contribution in [2.45, 2.75) is 59.0 Å². The lowest BCUT2D eigenvalue weighted by atomic mass is 9.74. The zero-order chi connectivity index (χ0) is 14.0. The van der Waals surface area contributed by atoms with E-state index < -0.39 is 11.0 Å². The molecule has 0 spiro atoms. The second-order valence-electron chi connectivity index (χ2n) is 6.56. The van der Waals surface area contributed by atoms with Crippen LogP contribution in [0.25, 0.3) is 0 Å². The van der Waals surface area contributed by atoms with Gasteiger partial charge >= 0.3 is 0 Å². The molecule has 1 atom stereocenters. The Labute approximate surface area is 111 Å². The van der Waals surface area contributed by atoms with Gasteiger partial charge < -0.3 is 15.8 Å². The van der Waals surface area contributed by atoms with Crippen LogP contribution in [0.4, 0.5) is 0 Å². The van der Waals surface area contributed by atoms with Crippen molar-refractivity contribution in [2.24, 2.45) is 17.1 Å². The van der Waals surface area contributed by atoms with Crippen LogP contribution in [-0.2, 0) is 9.53 Å². The van der Waals surface area contributed by atoms with Crippen LogP contribution in [0.2, 0.25) is 0 Å². The SMILES string of the molecule is CC(NC(=O)C(C)(C)C(C)(C)N)C1CCOCC1. The highest BCUT2D eigenvalue weighted by Crippen LogP contribution is 2.29. The van der Waals surface area contributed by atoms with Gasteiger partial charge in [-0.2, -0.15) is 0 Å². The highest BCUT2D eigenvalue weighted by molar-refractivity contribution is 5.83. The Morgan fingerprint density at radius 2 is 1.78 bits per heavy atom. The number of amides is 1. The Balaban J connectivity index is 2.58. The van der Waals surface area contributed by atoms with Crippen LogP contribution < -0.4 is 11.1 Å². The summed E-state index contributed by atoms with van der Waals surface area (Å²) in [7, 11) is 0. The van der Waals surface area contributed by atoms with Crippen molar-refractivity contribution < 1.29 is 9.53 Å². The minimum absolute atomic E-state index is 0.0361. The standard InChI is InChI=1S/C14H28N2O2/c1-10(11-6-8-18-9-7-11)16-12(17)13(2,3)14(4,5)15/h10-11H,6-9,15H2,1-5H3,(H,16,17). The third-order valence-electron chi connectivity index (χ3n) is 4.51. The highest BCUT2D eigenvalue weighted by atomic mass is 16.5.